The Labute approximate surface area is 110 Å². The number of benzene rings is 1. The van der Waals surface area contributed by atoms with Gasteiger partial charge >= 0.3 is 0 Å². The second kappa shape index (κ2) is 4.93. The van der Waals surface area contributed by atoms with Crippen LogP contribution < -0.4 is 0 Å². The maximum Gasteiger partial charge on any atom is 0.285 e. The number of nitro groups is 2. The van der Waals surface area contributed by atoms with Crippen molar-refractivity contribution in [1.29, 1.82) is 0 Å². The number of aliphatic hydroxyl groups is 1. The van der Waals surface area contributed by atoms with E-state index >= 15 is 0 Å². The molecule has 1 N–H and O–H groups in total. The zero-order valence-corrected chi connectivity index (χ0v) is 11.3. The molecular weight excluding hydrogens is 252 g/mol. The van der Waals surface area contributed by atoms with Gasteiger partial charge in [0.1, 0.15) is 5.56 Å². The van der Waals surface area contributed by atoms with Crippen LogP contribution in [0.15, 0.2) is 6.07 Å². The fourth-order valence-electron chi connectivity index (χ4n) is 2.14. The van der Waals surface area contributed by atoms with Crippen LogP contribution in [0.2, 0.25) is 0 Å². The van der Waals surface area contributed by atoms with Crippen molar-refractivity contribution in [2.24, 2.45) is 0 Å². The second-order valence-electron chi connectivity index (χ2n) is 5.35. The Hall–Kier alpha value is -2.02. The van der Waals surface area contributed by atoms with Gasteiger partial charge in [-0.1, -0.05) is 20.8 Å². The fraction of sp³-hybridized carbons (Fsp3) is 0.500. The van der Waals surface area contributed by atoms with Gasteiger partial charge in [0.2, 0.25) is 0 Å². The Kier molecular flexibility index (Phi) is 3.90. The minimum Gasteiger partial charge on any atom is -0.391 e. The number of hydrogen-bond acceptors (Lipinski definition) is 5. The van der Waals surface area contributed by atoms with Gasteiger partial charge in [-0.3, -0.25) is 20.2 Å². The minimum absolute atomic E-state index is 0.0477. The second-order valence-corrected chi connectivity index (χ2v) is 5.35. The van der Waals surface area contributed by atoms with Gasteiger partial charge < -0.3 is 5.11 Å². The van der Waals surface area contributed by atoms with Gasteiger partial charge in [0.25, 0.3) is 11.4 Å². The molecule has 7 heteroatoms. The van der Waals surface area contributed by atoms with Gasteiger partial charge in [-0.05, 0) is 13.0 Å². The molecule has 0 radical (unpaired) electrons. The van der Waals surface area contributed by atoms with Crippen LogP contribution in [0.4, 0.5) is 11.4 Å². The Morgan fingerprint density at radius 3 is 1.95 bits per heavy atom. The number of rotatable bonds is 3. The maximum absolute atomic E-state index is 11.2. The number of aliphatic hydroxyl groups excluding tert-OH is 1. The number of aryl methyl sites for hydroxylation is 1. The molecule has 0 saturated carbocycles. The Balaban J connectivity index is 3.92. The minimum atomic E-state index is -0.777. The first kappa shape index (κ1) is 15.0. The summed E-state index contributed by atoms with van der Waals surface area (Å²) < 4.78 is 0. The quantitative estimate of drug-likeness (QED) is 0.669. The molecule has 0 amide bonds. The lowest BCUT2D eigenvalue weighted by Crippen LogP contribution is -2.18. The third-order valence-electron chi connectivity index (χ3n) is 2.83. The topological polar surface area (TPSA) is 107 Å². The molecular formula is C12H16N2O5. The van der Waals surface area contributed by atoms with Gasteiger partial charge in [0.15, 0.2) is 0 Å². The summed E-state index contributed by atoms with van der Waals surface area (Å²) in [5.41, 5.74) is -0.946. The average Bonchev–Trinajstić information content (AvgIpc) is 2.24. The summed E-state index contributed by atoms with van der Waals surface area (Å²) in [7, 11) is 0. The van der Waals surface area contributed by atoms with Crippen LogP contribution in [0.25, 0.3) is 0 Å². The number of hydrogen-bond donors (Lipinski definition) is 1. The van der Waals surface area contributed by atoms with Crippen LogP contribution in [-0.4, -0.2) is 15.0 Å². The first-order chi connectivity index (χ1) is 8.61. The van der Waals surface area contributed by atoms with Gasteiger partial charge in [-0.15, -0.1) is 0 Å². The maximum atomic E-state index is 11.2. The predicted molar refractivity (Wildman–Crippen MR) is 69.1 cm³/mol. The molecule has 1 aromatic rings. The van der Waals surface area contributed by atoms with Crippen molar-refractivity contribution in [2.75, 3.05) is 0 Å². The van der Waals surface area contributed by atoms with Gasteiger partial charge in [-0.25, -0.2) is 0 Å². The van der Waals surface area contributed by atoms with E-state index < -0.39 is 21.9 Å². The summed E-state index contributed by atoms with van der Waals surface area (Å²) in [4.78, 5) is 21.1. The Bertz CT molecular complexity index is 546. The SMILES string of the molecule is Cc1cc(CO)c([N+](=O)[O-])c(C(C)(C)C)c1[N+](=O)[O-]. The Morgan fingerprint density at radius 1 is 1.16 bits per heavy atom. The first-order valence-corrected chi connectivity index (χ1v) is 5.67. The summed E-state index contributed by atoms with van der Waals surface area (Å²) in [6, 6.07) is 1.30. The number of nitro benzene ring substituents is 2. The third-order valence-corrected chi connectivity index (χ3v) is 2.83. The first-order valence-electron chi connectivity index (χ1n) is 5.67. The van der Waals surface area contributed by atoms with E-state index in [1.54, 1.807) is 20.8 Å². The molecule has 0 aliphatic rings. The standard InChI is InChI=1S/C12H16N2O5/c1-7-5-8(6-15)11(14(18)19)9(12(2,3)4)10(7)13(16)17/h5,15H,6H2,1-4H3. The highest BCUT2D eigenvalue weighted by Crippen LogP contribution is 2.42. The highest BCUT2D eigenvalue weighted by Gasteiger charge is 2.37. The van der Waals surface area contributed by atoms with Gasteiger partial charge in [0, 0.05) is 11.0 Å². The van der Waals surface area contributed by atoms with E-state index in [0.717, 1.165) is 0 Å². The van der Waals surface area contributed by atoms with Crippen LogP contribution in [0.3, 0.4) is 0 Å². The normalized spacial score (nSPS) is 11.4. The van der Waals surface area contributed by atoms with Gasteiger partial charge in [0.05, 0.1) is 22.0 Å². The van der Waals surface area contributed by atoms with Crippen molar-refractivity contribution in [3.63, 3.8) is 0 Å². The molecule has 1 aromatic carbocycles. The molecule has 0 aliphatic carbocycles. The van der Waals surface area contributed by atoms with Crippen molar-refractivity contribution < 1.29 is 15.0 Å². The van der Waals surface area contributed by atoms with Crippen LogP contribution in [-0.2, 0) is 12.0 Å². The van der Waals surface area contributed by atoms with E-state index in [4.69, 9.17) is 0 Å². The molecule has 7 nitrogen and oxygen atoms in total. The Morgan fingerprint density at radius 2 is 1.63 bits per heavy atom. The largest absolute Gasteiger partial charge is 0.391 e. The summed E-state index contributed by atoms with van der Waals surface area (Å²) in [5.74, 6) is 0. The highest BCUT2D eigenvalue weighted by atomic mass is 16.6. The van der Waals surface area contributed by atoms with Crippen molar-refractivity contribution in [3.8, 4) is 0 Å². The lowest BCUT2D eigenvalue weighted by Gasteiger charge is -2.21. The van der Waals surface area contributed by atoms with E-state index in [1.165, 1.54) is 13.0 Å². The van der Waals surface area contributed by atoms with Crippen LogP contribution in [0.1, 0.15) is 37.5 Å². The lowest BCUT2D eigenvalue weighted by molar-refractivity contribution is -0.397. The average molecular weight is 268 g/mol. The van der Waals surface area contributed by atoms with E-state index in [1.807, 2.05) is 0 Å². The molecule has 0 aliphatic heterocycles. The molecule has 104 valence electrons. The summed E-state index contributed by atoms with van der Waals surface area (Å²) in [6.07, 6.45) is 0. The summed E-state index contributed by atoms with van der Waals surface area (Å²) in [6.45, 7) is 5.99. The molecule has 0 bridgehead atoms. The molecule has 0 heterocycles. The molecule has 0 saturated heterocycles. The van der Waals surface area contributed by atoms with Gasteiger partial charge in [-0.2, -0.15) is 0 Å². The van der Waals surface area contributed by atoms with E-state index in [0.29, 0.717) is 5.56 Å². The van der Waals surface area contributed by atoms with Crippen LogP contribution in [0, 0.1) is 27.2 Å². The molecule has 0 aromatic heterocycles. The summed E-state index contributed by atoms with van der Waals surface area (Å²) >= 11 is 0. The van der Waals surface area contributed by atoms with Crippen molar-refractivity contribution in [1.82, 2.24) is 0 Å². The van der Waals surface area contributed by atoms with Crippen molar-refractivity contribution in [2.45, 2.75) is 39.7 Å². The zero-order chi connectivity index (χ0) is 15.0. The molecule has 0 atom stereocenters. The molecule has 19 heavy (non-hydrogen) atoms. The van der Waals surface area contributed by atoms with E-state index in [9.17, 15) is 25.3 Å². The molecule has 0 fully saturated rings. The highest BCUT2D eigenvalue weighted by molar-refractivity contribution is 5.64. The van der Waals surface area contributed by atoms with Crippen molar-refractivity contribution in [3.05, 3.63) is 43.0 Å². The fourth-order valence-corrected chi connectivity index (χ4v) is 2.14. The van der Waals surface area contributed by atoms with E-state index in [2.05, 4.69) is 0 Å². The predicted octanol–water partition coefficient (Wildman–Crippen LogP) is 2.60. The van der Waals surface area contributed by atoms with E-state index in [-0.39, 0.29) is 22.5 Å². The summed E-state index contributed by atoms with van der Waals surface area (Å²) in [5, 5.41) is 31.6. The monoisotopic (exact) mass is 268 g/mol. The molecule has 0 spiro atoms. The van der Waals surface area contributed by atoms with Crippen LogP contribution >= 0.6 is 0 Å². The van der Waals surface area contributed by atoms with Crippen LogP contribution in [0.5, 0.6) is 0 Å². The lowest BCUT2D eigenvalue weighted by atomic mass is 9.82. The zero-order valence-electron chi connectivity index (χ0n) is 11.3. The smallest absolute Gasteiger partial charge is 0.285 e. The molecule has 0 unspecified atom stereocenters. The third kappa shape index (κ3) is 2.70. The molecule has 1 rings (SSSR count). The number of nitrogens with zero attached hydrogens (tertiary/aromatic N) is 2. The van der Waals surface area contributed by atoms with Crippen molar-refractivity contribution >= 4 is 11.4 Å².